The number of hydrogen-bond acceptors (Lipinski definition) is 4. The average molecular weight is 492 g/mol. The van der Waals surface area contributed by atoms with Crippen molar-refractivity contribution < 1.29 is 14.0 Å². The highest BCUT2D eigenvalue weighted by Crippen LogP contribution is 2.30. The first kappa shape index (κ1) is 24.5. The van der Waals surface area contributed by atoms with Crippen LogP contribution in [0, 0.1) is 5.82 Å². The molecule has 7 nitrogen and oxygen atoms in total. The van der Waals surface area contributed by atoms with E-state index in [0.29, 0.717) is 25.9 Å². The molecule has 36 heavy (non-hydrogen) atoms. The Labute approximate surface area is 211 Å². The minimum Gasteiger partial charge on any atom is -0.353 e. The van der Waals surface area contributed by atoms with Crippen LogP contribution in [0.4, 0.5) is 4.39 Å². The van der Waals surface area contributed by atoms with Crippen molar-refractivity contribution in [3.63, 3.8) is 0 Å². The maximum atomic E-state index is 13.2. The van der Waals surface area contributed by atoms with Crippen LogP contribution in [-0.2, 0) is 29.7 Å². The maximum Gasteiger partial charge on any atom is 0.239 e. The summed E-state index contributed by atoms with van der Waals surface area (Å²) in [5.41, 5.74) is 3.30. The molecule has 0 aliphatic carbocycles. The molecule has 3 aromatic rings. The largest absolute Gasteiger partial charge is 0.353 e. The first-order valence-electron chi connectivity index (χ1n) is 12.7. The molecule has 0 radical (unpaired) electrons. The van der Waals surface area contributed by atoms with Gasteiger partial charge in [-0.15, -0.1) is 0 Å². The van der Waals surface area contributed by atoms with Crippen LogP contribution in [0.15, 0.2) is 54.7 Å². The van der Waals surface area contributed by atoms with Gasteiger partial charge in [0.1, 0.15) is 11.9 Å². The molecule has 1 aromatic heterocycles. The Bertz CT molecular complexity index is 1240. The number of aryl methyl sites for hydroxylation is 1. The highest BCUT2D eigenvalue weighted by atomic mass is 19.1. The van der Waals surface area contributed by atoms with E-state index < -0.39 is 0 Å². The number of benzene rings is 2. The number of nitrogens with one attached hydrogen (secondary N) is 2. The quantitative estimate of drug-likeness (QED) is 0.533. The van der Waals surface area contributed by atoms with E-state index in [1.807, 2.05) is 0 Å². The SMILES string of the molecule is CN1[C@@H](CCC(=O)NCc2ccc(F)cc2)CNC(=O)[C@@H]2[C@@H]1CCN2Cc1cn(C)c2ccccc12. The van der Waals surface area contributed by atoms with E-state index in [2.05, 4.69) is 69.6 Å². The van der Waals surface area contributed by atoms with Gasteiger partial charge >= 0.3 is 0 Å². The number of likely N-dealkylation sites (tertiary alicyclic amines) is 1. The minimum absolute atomic E-state index is 0.0381. The summed E-state index contributed by atoms with van der Waals surface area (Å²) in [5.74, 6) is -0.249. The summed E-state index contributed by atoms with van der Waals surface area (Å²) < 4.78 is 15.2. The van der Waals surface area contributed by atoms with Gasteiger partial charge < -0.3 is 15.2 Å². The second-order valence-corrected chi connectivity index (χ2v) is 10.1. The number of amides is 2. The van der Waals surface area contributed by atoms with E-state index >= 15 is 0 Å². The molecule has 2 saturated heterocycles. The summed E-state index contributed by atoms with van der Waals surface area (Å²) >= 11 is 0. The van der Waals surface area contributed by atoms with Crippen LogP contribution >= 0.6 is 0 Å². The standard InChI is InChI=1S/C28H34FN5O2/c1-32-17-20(23-5-3-4-6-24(23)32)18-34-14-13-25-27(34)28(36)31-16-22(33(25)2)11-12-26(35)30-15-19-7-9-21(29)10-8-19/h3-10,17,22,25,27H,11-16,18H2,1-2H3,(H,30,35)(H,31,36)/t22-,25-,27-/m0/s1. The number of carbonyl (C=O) groups is 2. The van der Waals surface area contributed by atoms with Crippen molar-refractivity contribution in [2.24, 2.45) is 7.05 Å². The molecule has 8 heteroatoms. The van der Waals surface area contributed by atoms with Crippen molar-refractivity contribution in [1.82, 2.24) is 25.0 Å². The number of carbonyl (C=O) groups excluding carboxylic acids is 2. The number of rotatable bonds is 7. The van der Waals surface area contributed by atoms with Crippen LogP contribution in [0.2, 0.25) is 0 Å². The van der Waals surface area contributed by atoms with Crippen LogP contribution in [0.25, 0.3) is 10.9 Å². The molecule has 2 amide bonds. The van der Waals surface area contributed by atoms with E-state index in [9.17, 15) is 14.0 Å². The first-order chi connectivity index (χ1) is 17.4. The average Bonchev–Trinajstić information content (AvgIpc) is 3.41. The highest BCUT2D eigenvalue weighted by Gasteiger charge is 2.45. The Kier molecular flexibility index (Phi) is 7.07. The lowest BCUT2D eigenvalue weighted by molar-refractivity contribution is -0.126. The molecule has 2 N–H and O–H groups in total. The Balaban J connectivity index is 1.20. The van der Waals surface area contributed by atoms with Gasteiger partial charge in [-0.3, -0.25) is 19.4 Å². The zero-order chi connectivity index (χ0) is 25.2. The van der Waals surface area contributed by atoms with E-state index in [1.54, 1.807) is 12.1 Å². The van der Waals surface area contributed by atoms with E-state index in [-0.39, 0.29) is 35.8 Å². The normalized spacial score (nSPS) is 22.9. The summed E-state index contributed by atoms with van der Waals surface area (Å²) in [6.07, 6.45) is 4.14. The molecular formula is C28H34FN5O2. The first-order valence-corrected chi connectivity index (χ1v) is 12.7. The van der Waals surface area contributed by atoms with Gasteiger partial charge in [-0.1, -0.05) is 30.3 Å². The molecule has 3 heterocycles. The Morgan fingerprint density at radius 1 is 1.14 bits per heavy atom. The predicted octanol–water partition coefficient (Wildman–Crippen LogP) is 2.79. The molecule has 0 unspecified atom stereocenters. The number of halogens is 1. The Hall–Kier alpha value is -3.23. The molecule has 3 atom stereocenters. The smallest absolute Gasteiger partial charge is 0.239 e. The second kappa shape index (κ2) is 10.4. The third kappa shape index (κ3) is 5.01. The number of nitrogens with zero attached hydrogens (tertiary/aromatic N) is 3. The zero-order valence-electron chi connectivity index (χ0n) is 20.9. The third-order valence-corrected chi connectivity index (χ3v) is 7.81. The molecule has 5 rings (SSSR count). The fourth-order valence-electron chi connectivity index (χ4n) is 5.79. The number of likely N-dealkylation sites (N-methyl/N-ethyl adjacent to an activating group) is 1. The molecular weight excluding hydrogens is 457 g/mol. The highest BCUT2D eigenvalue weighted by molar-refractivity contribution is 5.85. The van der Waals surface area contributed by atoms with Crippen molar-refractivity contribution in [1.29, 1.82) is 0 Å². The number of para-hydroxylation sites is 1. The Morgan fingerprint density at radius 2 is 1.92 bits per heavy atom. The van der Waals surface area contributed by atoms with Crippen LogP contribution in [0.5, 0.6) is 0 Å². The van der Waals surface area contributed by atoms with Gasteiger partial charge in [0.25, 0.3) is 0 Å². The van der Waals surface area contributed by atoms with Gasteiger partial charge in [0.15, 0.2) is 0 Å². The van der Waals surface area contributed by atoms with Crippen LogP contribution in [0.3, 0.4) is 0 Å². The number of hydrogen-bond donors (Lipinski definition) is 2. The van der Waals surface area contributed by atoms with Gasteiger partial charge in [-0.25, -0.2) is 4.39 Å². The van der Waals surface area contributed by atoms with Gasteiger partial charge in [0.05, 0.1) is 0 Å². The van der Waals surface area contributed by atoms with E-state index in [4.69, 9.17) is 0 Å². The zero-order valence-corrected chi connectivity index (χ0v) is 20.9. The van der Waals surface area contributed by atoms with E-state index in [0.717, 1.165) is 25.1 Å². The Morgan fingerprint density at radius 3 is 2.72 bits per heavy atom. The summed E-state index contributed by atoms with van der Waals surface area (Å²) in [6, 6.07) is 14.5. The van der Waals surface area contributed by atoms with Crippen molar-refractivity contribution in [2.75, 3.05) is 20.1 Å². The topological polar surface area (TPSA) is 69.6 Å². The number of fused-ring (bicyclic) bond motifs is 2. The molecule has 0 bridgehead atoms. The van der Waals surface area contributed by atoms with Gasteiger partial charge in [-0.05, 0) is 49.2 Å². The number of aromatic nitrogens is 1. The van der Waals surface area contributed by atoms with Gasteiger partial charge in [-0.2, -0.15) is 0 Å². The van der Waals surface area contributed by atoms with Crippen molar-refractivity contribution >= 4 is 22.7 Å². The minimum atomic E-state index is -0.288. The van der Waals surface area contributed by atoms with Gasteiger partial charge in [0.2, 0.25) is 11.8 Å². The fraction of sp³-hybridized carbons (Fsp3) is 0.429. The van der Waals surface area contributed by atoms with E-state index in [1.165, 1.54) is 28.6 Å². The fourth-order valence-corrected chi connectivity index (χ4v) is 5.79. The third-order valence-electron chi connectivity index (χ3n) is 7.81. The molecule has 2 aliphatic heterocycles. The lowest BCUT2D eigenvalue weighted by atomic mass is 10.0. The lowest BCUT2D eigenvalue weighted by Crippen LogP contribution is -2.49. The predicted molar refractivity (Wildman–Crippen MR) is 138 cm³/mol. The monoisotopic (exact) mass is 491 g/mol. The van der Waals surface area contributed by atoms with Gasteiger partial charge in [0, 0.05) is 68.8 Å². The molecule has 190 valence electrons. The molecule has 2 aliphatic rings. The lowest BCUT2D eigenvalue weighted by Gasteiger charge is -2.33. The second-order valence-electron chi connectivity index (χ2n) is 10.1. The molecule has 2 fully saturated rings. The van der Waals surface area contributed by atoms with Crippen molar-refractivity contribution in [2.45, 2.75) is 50.5 Å². The van der Waals surface area contributed by atoms with Crippen molar-refractivity contribution in [3.05, 3.63) is 71.7 Å². The van der Waals surface area contributed by atoms with Crippen LogP contribution in [0.1, 0.15) is 30.4 Å². The molecule has 0 saturated carbocycles. The van der Waals surface area contributed by atoms with Crippen molar-refractivity contribution in [3.8, 4) is 0 Å². The summed E-state index contributed by atoms with van der Waals surface area (Å²) in [4.78, 5) is 30.3. The maximum absolute atomic E-state index is 13.2. The molecule has 2 aromatic carbocycles. The van der Waals surface area contributed by atoms with Crippen LogP contribution in [-0.4, -0.2) is 64.4 Å². The summed E-state index contributed by atoms with van der Waals surface area (Å²) in [6.45, 7) is 2.52. The summed E-state index contributed by atoms with van der Waals surface area (Å²) in [7, 11) is 4.14. The van der Waals surface area contributed by atoms with Crippen LogP contribution < -0.4 is 10.6 Å². The molecule has 0 spiro atoms. The summed E-state index contributed by atoms with van der Waals surface area (Å²) in [5, 5.41) is 7.30.